The second-order valence-electron chi connectivity index (χ2n) is 13.3. The number of nitrogens with zero attached hydrogens (tertiary/aromatic N) is 2. The average molecular weight is 738 g/mol. The summed E-state index contributed by atoms with van der Waals surface area (Å²) in [4.78, 5) is 42.7. The number of ether oxygens (including phenoxy) is 1. The van der Waals surface area contributed by atoms with E-state index in [2.05, 4.69) is 21.0 Å². The molecule has 274 valence electrons. The highest BCUT2D eigenvalue weighted by Gasteiger charge is 2.37. The molecule has 3 aromatic rings. The third-order valence-electron chi connectivity index (χ3n) is 6.59. The third kappa shape index (κ3) is 13.9. The van der Waals surface area contributed by atoms with E-state index >= 15 is 0 Å². The molecular weight excluding hydrogens is 692 g/mol. The van der Waals surface area contributed by atoms with E-state index in [0.29, 0.717) is 5.56 Å². The van der Waals surface area contributed by atoms with Crippen LogP contribution in [0.3, 0.4) is 0 Å². The number of anilines is 1. The number of hydrogen-bond donors (Lipinski definition) is 3. The van der Waals surface area contributed by atoms with Crippen LogP contribution < -0.4 is 16.1 Å². The number of halogens is 2. The molecule has 1 heterocycles. The number of fused-ring (bicyclic) bond motifs is 1. The van der Waals surface area contributed by atoms with E-state index in [4.69, 9.17) is 29.9 Å². The molecule has 0 saturated carbocycles. The third-order valence-corrected chi connectivity index (χ3v) is 9.06. The predicted octanol–water partition coefficient (Wildman–Crippen LogP) is 7.15. The van der Waals surface area contributed by atoms with Crippen LogP contribution in [0, 0.1) is 5.82 Å². The molecule has 2 aromatic carbocycles. The van der Waals surface area contributed by atoms with Gasteiger partial charge >= 0.3 is 13.9 Å². The number of phosphoric acid groups is 1. The predicted molar refractivity (Wildman–Crippen MR) is 189 cm³/mol. The van der Waals surface area contributed by atoms with Gasteiger partial charge in [0, 0.05) is 38.0 Å². The molecule has 0 spiro atoms. The first-order valence-corrected chi connectivity index (χ1v) is 17.9. The molecule has 3 N–H and O–H groups in total. The van der Waals surface area contributed by atoms with Crippen LogP contribution >= 0.6 is 19.4 Å². The van der Waals surface area contributed by atoms with Crippen LogP contribution in [0.25, 0.3) is 10.8 Å². The topological polar surface area (TPSA) is 157 Å². The zero-order valence-electron chi connectivity index (χ0n) is 29.4. The number of phosphoric ester groups is 1. The Balaban J connectivity index is 1.65. The first kappa shape index (κ1) is 40.8. The highest BCUT2D eigenvalue weighted by molar-refractivity contribution is 7.48. The summed E-state index contributed by atoms with van der Waals surface area (Å²) in [6.07, 6.45) is 0.749. The second-order valence-corrected chi connectivity index (χ2v) is 15.2. The van der Waals surface area contributed by atoms with Crippen LogP contribution in [0.2, 0.25) is 5.02 Å². The van der Waals surface area contributed by atoms with E-state index in [1.54, 1.807) is 59.9 Å². The highest BCUT2D eigenvalue weighted by Crippen LogP contribution is 2.55. The quantitative estimate of drug-likeness (QED) is 0.0784. The summed E-state index contributed by atoms with van der Waals surface area (Å²) in [5.74, 6) is -1.22. The normalized spacial score (nSPS) is 12.7. The van der Waals surface area contributed by atoms with E-state index in [1.165, 1.54) is 24.1 Å². The summed E-state index contributed by atoms with van der Waals surface area (Å²) in [6.45, 7) is 11.1. The van der Waals surface area contributed by atoms with Crippen molar-refractivity contribution in [3.05, 3.63) is 71.1 Å². The minimum Gasteiger partial charge on any atom is -0.447 e. The Morgan fingerprint density at radius 1 is 1.00 bits per heavy atom. The SMILES string of the molecule is CC(=O)N(NCc1cccc(F)c1Cl)[C@@H](CCC(=O)NCCOP(=O)(OC(C)(C)C)OC(C)(C)C)COC(=O)Nc1cc2ccccc2cn1. The van der Waals surface area contributed by atoms with Gasteiger partial charge in [0.05, 0.1) is 28.9 Å². The summed E-state index contributed by atoms with van der Waals surface area (Å²) < 4.78 is 49.4. The Bertz CT molecular complexity index is 1660. The summed E-state index contributed by atoms with van der Waals surface area (Å²) in [7, 11) is -3.97. The van der Waals surface area contributed by atoms with Crippen LogP contribution in [-0.4, -0.2) is 64.9 Å². The van der Waals surface area contributed by atoms with Gasteiger partial charge in [-0.3, -0.25) is 33.5 Å². The van der Waals surface area contributed by atoms with Crippen molar-refractivity contribution in [2.75, 3.05) is 25.1 Å². The zero-order chi connectivity index (χ0) is 37.1. The molecule has 0 aliphatic heterocycles. The largest absolute Gasteiger partial charge is 0.475 e. The smallest absolute Gasteiger partial charge is 0.447 e. The summed E-state index contributed by atoms with van der Waals surface area (Å²) in [6, 6.07) is 12.7. The molecule has 3 amide bonds. The van der Waals surface area contributed by atoms with Crippen molar-refractivity contribution in [1.82, 2.24) is 20.7 Å². The number of carbonyl (C=O) groups excluding carboxylic acids is 3. The van der Waals surface area contributed by atoms with Gasteiger partial charge in [0.15, 0.2) is 0 Å². The maximum atomic E-state index is 14.1. The van der Waals surface area contributed by atoms with Gasteiger partial charge in [0.2, 0.25) is 11.8 Å². The average Bonchev–Trinajstić information content (AvgIpc) is 3.00. The number of amides is 3. The van der Waals surface area contributed by atoms with Crippen LogP contribution in [0.4, 0.5) is 15.0 Å². The lowest BCUT2D eigenvalue weighted by atomic mass is 10.1. The van der Waals surface area contributed by atoms with Crippen molar-refractivity contribution in [2.45, 2.75) is 85.1 Å². The number of hydrazine groups is 1. The Hall–Kier alpha value is -3.65. The van der Waals surface area contributed by atoms with Crippen molar-refractivity contribution in [3.8, 4) is 0 Å². The summed E-state index contributed by atoms with van der Waals surface area (Å²) >= 11 is 6.11. The van der Waals surface area contributed by atoms with E-state index in [1.807, 2.05) is 24.3 Å². The van der Waals surface area contributed by atoms with E-state index in [0.717, 1.165) is 10.8 Å². The number of carbonyl (C=O) groups is 3. The summed E-state index contributed by atoms with van der Waals surface area (Å²) in [5, 5.41) is 8.12. The Kier molecular flexibility index (Phi) is 14.7. The number of benzene rings is 2. The molecule has 0 bridgehead atoms. The van der Waals surface area contributed by atoms with Crippen LogP contribution in [0.5, 0.6) is 0 Å². The molecule has 13 nitrogen and oxygen atoms in total. The molecule has 50 heavy (non-hydrogen) atoms. The first-order valence-electron chi connectivity index (χ1n) is 16.0. The Morgan fingerprint density at radius 2 is 1.66 bits per heavy atom. The van der Waals surface area contributed by atoms with Gasteiger partial charge in [0.25, 0.3) is 0 Å². The van der Waals surface area contributed by atoms with Crippen molar-refractivity contribution < 1.29 is 41.6 Å². The molecule has 0 radical (unpaired) electrons. The lowest BCUT2D eigenvalue weighted by molar-refractivity contribution is -0.137. The molecule has 0 aliphatic carbocycles. The summed E-state index contributed by atoms with van der Waals surface area (Å²) in [5.41, 5.74) is 1.67. The van der Waals surface area contributed by atoms with Gasteiger partial charge in [-0.1, -0.05) is 48.0 Å². The molecule has 16 heteroatoms. The minimum absolute atomic E-state index is 0.0150. The van der Waals surface area contributed by atoms with Crippen molar-refractivity contribution in [2.24, 2.45) is 0 Å². The van der Waals surface area contributed by atoms with Gasteiger partial charge in [0.1, 0.15) is 18.2 Å². The van der Waals surface area contributed by atoms with Gasteiger partial charge in [-0.25, -0.2) is 24.2 Å². The van der Waals surface area contributed by atoms with E-state index < -0.39 is 48.8 Å². The first-order chi connectivity index (χ1) is 23.3. The molecule has 3 rings (SSSR count). The number of nitrogens with one attached hydrogen (secondary N) is 3. The minimum atomic E-state index is -3.97. The van der Waals surface area contributed by atoms with Crippen LogP contribution in [0.1, 0.15) is 66.9 Å². The van der Waals surface area contributed by atoms with Crippen molar-refractivity contribution >= 4 is 53.9 Å². The van der Waals surface area contributed by atoms with Crippen LogP contribution in [-0.2, 0) is 39.0 Å². The lowest BCUT2D eigenvalue weighted by Crippen LogP contribution is -2.51. The number of hydrogen-bond acceptors (Lipinski definition) is 10. The zero-order valence-corrected chi connectivity index (χ0v) is 31.0. The van der Waals surface area contributed by atoms with Crippen molar-refractivity contribution in [1.29, 1.82) is 0 Å². The molecule has 0 unspecified atom stereocenters. The molecule has 1 atom stereocenters. The molecule has 0 aliphatic rings. The Labute approximate surface area is 297 Å². The fourth-order valence-corrected chi connectivity index (χ4v) is 6.57. The van der Waals surface area contributed by atoms with Gasteiger partial charge in [-0.05, 0) is 71.0 Å². The maximum absolute atomic E-state index is 14.1. The fraction of sp³-hybridized carbons (Fsp3) is 0.471. The molecular formula is C34H46ClFN5O8P. The molecule has 0 fully saturated rings. The number of aromatic nitrogens is 1. The maximum Gasteiger partial charge on any atom is 0.475 e. The number of rotatable bonds is 16. The van der Waals surface area contributed by atoms with Gasteiger partial charge in [-0.2, -0.15) is 0 Å². The van der Waals surface area contributed by atoms with Crippen LogP contribution in [0.15, 0.2) is 54.7 Å². The standard InChI is InChI=1S/C34H46ClFN5O8P/c1-23(42)41(39-21-26-13-10-14-28(36)31(26)35)27(22-46-32(44)40-29-19-24-11-8-9-12-25(24)20-38-29)15-16-30(43)37-17-18-47-50(45,48-33(2,3)4)49-34(5,6)7/h8-14,19-20,27,39H,15-18,21-22H2,1-7H3,(H,37,43)(H,38,40,44)/t27-/m0/s1. The molecule has 1 aromatic heterocycles. The monoisotopic (exact) mass is 737 g/mol. The highest BCUT2D eigenvalue weighted by atomic mass is 35.5. The second kappa shape index (κ2) is 18.0. The van der Waals surface area contributed by atoms with E-state index in [-0.39, 0.29) is 50.0 Å². The Morgan fingerprint density at radius 3 is 2.30 bits per heavy atom. The van der Waals surface area contributed by atoms with Gasteiger partial charge < -0.3 is 10.1 Å². The van der Waals surface area contributed by atoms with E-state index in [9.17, 15) is 23.3 Å². The van der Waals surface area contributed by atoms with Crippen molar-refractivity contribution in [3.63, 3.8) is 0 Å². The number of pyridine rings is 1. The molecule has 0 saturated heterocycles. The van der Waals surface area contributed by atoms with Gasteiger partial charge in [-0.15, -0.1) is 0 Å². The lowest BCUT2D eigenvalue weighted by Gasteiger charge is -2.31. The fourth-order valence-electron chi connectivity index (χ4n) is 4.58.